The molecule has 1 aromatic heterocycles. The Bertz CT molecular complexity index is 872. The van der Waals surface area contributed by atoms with Crippen LogP contribution in [0.4, 0.5) is 0 Å². The van der Waals surface area contributed by atoms with Crippen molar-refractivity contribution in [1.82, 2.24) is 20.1 Å². The maximum absolute atomic E-state index is 12.7. The van der Waals surface area contributed by atoms with E-state index in [-0.39, 0.29) is 42.7 Å². The van der Waals surface area contributed by atoms with Gasteiger partial charge in [-0.15, -0.1) is 24.8 Å². The fourth-order valence-electron chi connectivity index (χ4n) is 4.09. The van der Waals surface area contributed by atoms with Crippen LogP contribution in [0.25, 0.3) is 11.3 Å². The smallest absolute Gasteiger partial charge is 0.236 e. The average Bonchev–Trinajstić information content (AvgIpc) is 3.22. The number of oxazole rings is 1. The lowest BCUT2D eigenvalue weighted by Crippen LogP contribution is -2.57. The van der Waals surface area contributed by atoms with Gasteiger partial charge in [0.2, 0.25) is 11.8 Å². The minimum Gasteiger partial charge on any atom is -0.441 e. The Morgan fingerprint density at radius 2 is 2.00 bits per heavy atom. The van der Waals surface area contributed by atoms with Gasteiger partial charge in [-0.05, 0) is 19.8 Å². The van der Waals surface area contributed by atoms with E-state index in [0.29, 0.717) is 31.8 Å². The van der Waals surface area contributed by atoms with Crippen molar-refractivity contribution in [3.63, 3.8) is 0 Å². The number of piperidine rings is 1. The largest absolute Gasteiger partial charge is 0.441 e. The van der Waals surface area contributed by atoms with Crippen LogP contribution in [0.3, 0.4) is 0 Å². The Labute approximate surface area is 195 Å². The Morgan fingerprint density at radius 1 is 1.23 bits per heavy atom. The summed E-state index contributed by atoms with van der Waals surface area (Å²) in [5, 5.41) is 3.10. The van der Waals surface area contributed by atoms with Crippen molar-refractivity contribution in [2.24, 2.45) is 0 Å². The molecule has 1 aromatic carbocycles. The second kappa shape index (κ2) is 11.5. The van der Waals surface area contributed by atoms with E-state index in [1.165, 1.54) is 5.56 Å². The van der Waals surface area contributed by atoms with Gasteiger partial charge in [0.05, 0.1) is 12.7 Å². The Morgan fingerprint density at radius 3 is 2.74 bits per heavy atom. The minimum absolute atomic E-state index is 0. The first-order valence-corrected chi connectivity index (χ1v) is 10.4. The molecule has 0 bridgehead atoms. The van der Waals surface area contributed by atoms with Gasteiger partial charge < -0.3 is 19.5 Å². The summed E-state index contributed by atoms with van der Waals surface area (Å²) in [6.45, 7) is 5.39. The predicted molar refractivity (Wildman–Crippen MR) is 124 cm³/mol. The molecule has 2 aliphatic heterocycles. The molecule has 1 unspecified atom stereocenters. The van der Waals surface area contributed by atoms with Gasteiger partial charge in [0.25, 0.3) is 0 Å². The number of halogens is 2. The lowest BCUT2D eigenvalue weighted by molar-refractivity contribution is -0.140. The lowest BCUT2D eigenvalue weighted by atomic mass is 10.0. The van der Waals surface area contributed by atoms with Crippen LogP contribution in [0.2, 0.25) is 0 Å². The van der Waals surface area contributed by atoms with Gasteiger partial charge in [0, 0.05) is 50.6 Å². The van der Waals surface area contributed by atoms with Gasteiger partial charge in [-0.25, -0.2) is 4.98 Å². The summed E-state index contributed by atoms with van der Waals surface area (Å²) in [6, 6.07) is 8.23. The maximum Gasteiger partial charge on any atom is 0.236 e. The number of hydrogen-bond acceptors (Lipinski definition) is 5. The summed E-state index contributed by atoms with van der Waals surface area (Å²) in [5.41, 5.74) is 2.18. The highest BCUT2D eigenvalue weighted by molar-refractivity contribution is 5.85. The summed E-state index contributed by atoms with van der Waals surface area (Å²) in [4.78, 5) is 33.1. The molecule has 2 fully saturated rings. The topological polar surface area (TPSA) is 78.7 Å². The number of nitrogens with zero attached hydrogens (tertiary/aromatic N) is 3. The number of amides is 2. The van der Waals surface area contributed by atoms with Crippen molar-refractivity contribution in [3.8, 4) is 11.3 Å². The standard InChI is InChI=1S/C22H28N4O3.2ClH/c1-16-4-6-17(7-5-16)19-13-24-20(29-19)8-9-21(27)25-11-2-3-18(15-25)26-12-10-23-14-22(26)28;;/h4-7,13,18,23H,2-3,8-12,14-15H2,1H3;2*1H. The highest BCUT2D eigenvalue weighted by Crippen LogP contribution is 2.22. The molecule has 2 aromatic rings. The van der Waals surface area contributed by atoms with Gasteiger partial charge >= 0.3 is 0 Å². The summed E-state index contributed by atoms with van der Waals surface area (Å²) in [6.07, 6.45) is 4.48. The van der Waals surface area contributed by atoms with Crippen LogP contribution in [0, 0.1) is 6.92 Å². The van der Waals surface area contributed by atoms with Crippen LogP contribution in [0.15, 0.2) is 34.9 Å². The molecule has 31 heavy (non-hydrogen) atoms. The van der Waals surface area contributed by atoms with E-state index in [2.05, 4.69) is 10.3 Å². The quantitative estimate of drug-likeness (QED) is 0.729. The molecule has 9 heteroatoms. The first kappa shape index (κ1) is 25.2. The number of aromatic nitrogens is 1. The number of benzene rings is 1. The number of hydrogen-bond donors (Lipinski definition) is 1. The normalized spacial score (nSPS) is 18.9. The lowest BCUT2D eigenvalue weighted by Gasteiger charge is -2.41. The van der Waals surface area contributed by atoms with Crippen molar-refractivity contribution >= 4 is 36.6 Å². The molecular weight excluding hydrogens is 439 g/mol. The van der Waals surface area contributed by atoms with Crippen LogP contribution < -0.4 is 5.32 Å². The molecular formula is C22H30Cl2N4O3. The molecule has 3 heterocycles. The highest BCUT2D eigenvalue weighted by Gasteiger charge is 2.31. The molecule has 7 nitrogen and oxygen atoms in total. The summed E-state index contributed by atoms with van der Waals surface area (Å²) < 4.78 is 5.84. The number of carbonyl (C=O) groups excluding carboxylic acids is 2. The third kappa shape index (κ3) is 6.21. The third-order valence-corrected chi connectivity index (χ3v) is 5.76. The van der Waals surface area contributed by atoms with E-state index in [1.54, 1.807) is 6.20 Å². The van der Waals surface area contributed by atoms with Crippen LogP contribution in [-0.4, -0.2) is 65.4 Å². The van der Waals surface area contributed by atoms with Gasteiger partial charge in [0.1, 0.15) is 0 Å². The molecule has 0 aliphatic carbocycles. The number of rotatable bonds is 5. The van der Waals surface area contributed by atoms with E-state index in [0.717, 1.165) is 43.8 Å². The van der Waals surface area contributed by atoms with Crippen LogP contribution in [0.5, 0.6) is 0 Å². The minimum atomic E-state index is 0. The van der Waals surface area contributed by atoms with Crippen LogP contribution in [-0.2, 0) is 16.0 Å². The highest BCUT2D eigenvalue weighted by atomic mass is 35.5. The zero-order chi connectivity index (χ0) is 20.2. The zero-order valence-electron chi connectivity index (χ0n) is 17.7. The van der Waals surface area contributed by atoms with E-state index in [9.17, 15) is 9.59 Å². The van der Waals surface area contributed by atoms with E-state index in [1.807, 2.05) is 41.0 Å². The molecule has 2 aliphatic rings. The average molecular weight is 469 g/mol. The molecule has 170 valence electrons. The van der Waals surface area contributed by atoms with Crippen molar-refractivity contribution in [2.45, 2.75) is 38.6 Å². The Hall–Kier alpha value is -2.09. The van der Waals surface area contributed by atoms with E-state index < -0.39 is 0 Å². The molecule has 4 rings (SSSR count). The zero-order valence-corrected chi connectivity index (χ0v) is 19.3. The Kier molecular flexibility index (Phi) is 9.34. The molecule has 0 radical (unpaired) electrons. The van der Waals surface area contributed by atoms with Gasteiger partial charge in [-0.2, -0.15) is 0 Å². The van der Waals surface area contributed by atoms with Crippen molar-refractivity contribution in [2.75, 3.05) is 32.7 Å². The van der Waals surface area contributed by atoms with Gasteiger partial charge in [-0.1, -0.05) is 29.8 Å². The van der Waals surface area contributed by atoms with Gasteiger partial charge in [0.15, 0.2) is 11.7 Å². The SMILES string of the molecule is Cc1ccc(-c2cnc(CCC(=O)N3CCCC(N4CCNCC4=O)C3)o2)cc1.Cl.Cl. The predicted octanol–water partition coefficient (Wildman–Crippen LogP) is 2.85. The summed E-state index contributed by atoms with van der Waals surface area (Å²) >= 11 is 0. The molecule has 2 amide bonds. The molecule has 1 atom stereocenters. The van der Waals surface area contributed by atoms with Crippen LogP contribution >= 0.6 is 24.8 Å². The second-order valence-electron chi connectivity index (χ2n) is 7.88. The molecule has 2 saturated heterocycles. The first-order chi connectivity index (χ1) is 14.1. The number of aryl methyl sites for hydroxylation is 2. The molecule has 0 saturated carbocycles. The first-order valence-electron chi connectivity index (χ1n) is 10.4. The second-order valence-corrected chi connectivity index (χ2v) is 7.88. The maximum atomic E-state index is 12.7. The monoisotopic (exact) mass is 468 g/mol. The fraction of sp³-hybridized carbons (Fsp3) is 0.500. The molecule has 0 spiro atoms. The van der Waals surface area contributed by atoms with E-state index in [4.69, 9.17) is 4.42 Å². The van der Waals surface area contributed by atoms with Crippen LogP contribution in [0.1, 0.15) is 30.7 Å². The molecule has 1 N–H and O–H groups in total. The number of carbonyl (C=O) groups is 2. The number of piperazine rings is 1. The fourth-order valence-corrected chi connectivity index (χ4v) is 4.09. The van der Waals surface area contributed by atoms with Gasteiger partial charge in [-0.3, -0.25) is 9.59 Å². The van der Waals surface area contributed by atoms with Crippen molar-refractivity contribution in [3.05, 3.63) is 41.9 Å². The third-order valence-electron chi connectivity index (χ3n) is 5.76. The summed E-state index contributed by atoms with van der Waals surface area (Å²) in [5.74, 6) is 1.55. The van der Waals surface area contributed by atoms with Crippen molar-refractivity contribution in [1.29, 1.82) is 0 Å². The van der Waals surface area contributed by atoms with Crippen molar-refractivity contribution < 1.29 is 14.0 Å². The number of nitrogens with one attached hydrogen (secondary N) is 1. The van der Waals surface area contributed by atoms with E-state index >= 15 is 0 Å². The Balaban J connectivity index is 0.00000171. The number of likely N-dealkylation sites (tertiary alicyclic amines) is 1. The summed E-state index contributed by atoms with van der Waals surface area (Å²) in [7, 11) is 0.